The molecule has 2 N–H and O–H groups in total. The monoisotopic (exact) mass is 652 g/mol. The quantitative estimate of drug-likeness (QED) is 0.169. The molecule has 1 fully saturated rings. The molecular formula is C37H43F3N2O5. The van der Waals surface area contributed by atoms with E-state index in [1.165, 1.54) is 0 Å². The van der Waals surface area contributed by atoms with Crippen LogP contribution in [0.2, 0.25) is 0 Å². The van der Waals surface area contributed by atoms with Crippen LogP contribution in [0, 0.1) is 5.92 Å². The van der Waals surface area contributed by atoms with E-state index in [1.54, 1.807) is 6.07 Å². The number of carboxylic acids is 2. The number of alkyl halides is 3. The molecule has 0 saturated heterocycles. The van der Waals surface area contributed by atoms with Crippen molar-refractivity contribution in [3.8, 4) is 5.75 Å². The number of halogens is 3. The number of fused-ring (bicyclic) bond motifs is 1. The zero-order chi connectivity index (χ0) is 33.4. The molecule has 0 aliphatic heterocycles. The summed E-state index contributed by atoms with van der Waals surface area (Å²) < 4.78 is 45.5. The van der Waals surface area contributed by atoms with Crippen LogP contribution in [-0.4, -0.2) is 51.3 Å². The number of aromatic carboxylic acids is 1. The van der Waals surface area contributed by atoms with E-state index in [1.807, 2.05) is 54.6 Å². The van der Waals surface area contributed by atoms with E-state index in [4.69, 9.17) is 9.84 Å². The van der Waals surface area contributed by atoms with Crippen molar-refractivity contribution in [2.24, 2.45) is 5.92 Å². The van der Waals surface area contributed by atoms with E-state index >= 15 is 0 Å². The van der Waals surface area contributed by atoms with E-state index in [0.717, 1.165) is 59.4 Å². The zero-order valence-electron chi connectivity index (χ0n) is 26.6. The lowest BCUT2D eigenvalue weighted by Crippen LogP contribution is -2.34. The fourth-order valence-electron chi connectivity index (χ4n) is 7.06. The van der Waals surface area contributed by atoms with Crippen LogP contribution in [0.25, 0.3) is 0 Å². The first-order valence-corrected chi connectivity index (χ1v) is 16.6. The number of nitrogens with zero attached hydrogens (tertiary/aromatic N) is 2. The van der Waals surface area contributed by atoms with Crippen molar-refractivity contribution in [2.75, 3.05) is 13.1 Å². The predicted octanol–water partition coefficient (Wildman–Crippen LogP) is 8.37. The Kier molecular flexibility index (Phi) is 11.6. The molecule has 3 aromatic rings. The largest absolute Gasteiger partial charge is 0.489 e. The third-order valence-electron chi connectivity index (χ3n) is 9.68. The molecule has 2 aromatic carbocycles. The van der Waals surface area contributed by atoms with Crippen LogP contribution >= 0.6 is 0 Å². The van der Waals surface area contributed by atoms with E-state index in [2.05, 4.69) is 9.88 Å². The molecular weight excluding hydrogens is 609 g/mol. The van der Waals surface area contributed by atoms with Gasteiger partial charge in [-0.05, 0) is 111 Å². The van der Waals surface area contributed by atoms with Crippen molar-refractivity contribution in [2.45, 2.75) is 95.4 Å². The first kappa shape index (κ1) is 34.4. The molecule has 47 heavy (non-hydrogen) atoms. The molecule has 10 heteroatoms. The second-order valence-corrected chi connectivity index (χ2v) is 12.8. The second kappa shape index (κ2) is 15.8. The first-order chi connectivity index (χ1) is 22.6. The highest BCUT2D eigenvalue weighted by Crippen LogP contribution is 2.43. The molecule has 2 aliphatic carbocycles. The first-order valence-electron chi connectivity index (χ1n) is 16.6. The van der Waals surface area contributed by atoms with Gasteiger partial charge in [-0.2, -0.15) is 13.2 Å². The number of aromatic nitrogens is 1. The van der Waals surface area contributed by atoms with E-state index in [-0.39, 0.29) is 36.9 Å². The predicted molar refractivity (Wildman–Crippen MR) is 172 cm³/mol. The van der Waals surface area contributed by atoms with Crippen molar-refractivity contribution < 1.29 is 37.7 Å². The summed E-state index contributed by atoms with van der Waals surface area (Å²) in [5.41, 5.74) is 5.03. The maximum atomic E-state index is 13.1. The van der Waals surface area contributed by atoms with Gasteiger partial charge in [-0.1, -0.05) is 48.5 Å². The van der Waals surface area contributed by atoms with Crippen LogP contribution in [0.1, 0.15) is 108 Å². The highest BCUT2D eigenvalue weighted by atomic mass is 19.4. The van der Waals surface area contributed by atoms with Gasteiger partial charge in [0.2, 0.25) is 0 Å². The minimum absolute atomic E-state index is 0.0474. The van der Waals surface area contributed by atoms with Crippen molar-refractivity contribution >= 4 is 11.9 Å². The summed E-state index contributed by atoms with van der Waals surface area (Å²) in [4.78, 5) is 29.4. The fourth-order valence-corrected chi connectivity index (χ4v) is 7.06. The maximum absolute atomic E-state index is 13.1. The van der Waals surface area contributed by atoms with Crippen LogP contribution in [0.4, 0.5) is 13.2 Å². The Morgan fingerprint density at radius 2 is 1.64 bits per heavy atom. The fraction of sp³-hybridized carbons (Fsp3) is 0.486. The number of aryl methyl sites for hydroxylation is 1. The van der Waals surface area contributed by atoms with Gasteiger partial charge in [-0.25, -0.2) is 9.78 Å². The molecule has 2 aliphatic rings. The number of carbonyl (C=O) groups is 2. The van der Waals surface area contributed by atoms with Gasteiger partial charge in [0.15, 0.2) is 0 Å². The van der Waals surface area contributed by atoms with E-state index in [0.29, 0.717) is 45.4 Å². The summed E-state index contributed by atoms with van der Waals surface area (Å²) in [6, 6.07) is 19.5. The number of rotatable bonds is 14. The lowest BCUT2D eigenvalue weighted by Gasteiger charge is -2.36. The molecule has 1 aromatic heterocycles. The van der Waals surface area contributed by atoms with Crippen LogP contribution < -0.4 is 4.74 Å². The third-order valence-corrected chi connectivity index (χ3v) is 9.68. The molecule has 1 atom stereocenters. The average molecular weight is 653 g/mol. The van der Waals surface area contributed by atoms with Gasteiger partial charge in [0.25, 0.3) is 0 Å². The van der Waals surface area contributed by atoms with Gasteiger partial charge in [0, 0.05) is 24.7 Å². The molecule has 1 saturated carbocycles. The minimum atomic E-state index is -4.10. The summed E-state index contributed by atoms with van der Waals surface area (Å²) >= 11 is 0. The Morgan fingerprint density at radius 3 is 2.34 bits per heavy atom. The molecule has 5 rings (SSSR count). The van der Waals surface area contributed by atoms with Crippen LogP contribution in [0.15, 0.2) is 60.7 Å². The smallest absolute Gasteiger partial charge is 0.391 e. The van der Waals surface area contributed by atoms with E-state index in [9.17, 15) is 27.9 Å². The summed E-state index contributed by atoms with van der Waals surface area (Å²) in [5, 5.41) is 18.6. The van der Waals surface area contributed by atoms with Crippen LogP contribution in [0.3, 0.4) is 0 Å². The van der Waals surface area contributed by atoms with Gasteiger partial charge in [0.05, 0.1) is 5.92 Å². The van der Waals surface area contributed by atoms with Gasteiger partial charge in [0.1, 0.15) is 18.1 Å². The van der Waals surface area contributed by atoms with Crippen molar-refractivity contribution in [1.82, 2.24) is 9.88 Å². The summed E-state index contributed by atoms with van der Waals surface area (Å²) in [7, 11) is 0. The molecule has 252 valence electrons. The summed E-state index contributed by atoms with van der Waals surface area (Å²) in [6.07, 6.45) is 2.06. The normalized spacial score (nSPS) is 19.7. The lowest BCUT2D eigenvalue weighted by molar-refractivity contribution is -0.182. The Bertz CT molecular complexity index is 1500. The van der Waals surface area contributed by atoms with E-state index < -0.39 is 24.0 Å². The average Bonchev–Trinajstić information content (AvgIpc) is 3.06. The molecule has 0 bridgehead atoms. The number of benzene rings is 2. The molecule has 7 nitrogen and oxygen atoms in total. The second-order valence-electron chi connectivity index (χ2n) is 12.8. The highest BCUT2D eigenvalue weighted by Gasteiger charge is 2.41. The van der Waals surface area contributed by atoms with Crippen molar-refractivity contribution in [3.05, 3.63) is 94.3 Å². The zero-order valence-corrected chi connectivity index (χ0v) is 26.6. The SMILES string of the molecule is O=C(O)CCCCN(CCc1ccccc1OCc1ccc([C@H]2CC[C@H](C(F)(F)F)CC2)cc1)C1CCCc2nc(C(=O)O)ccc21. The number of ether oxygens (including phenoxy) is 1. The molecule has 0 amide bonds. The number of aliphatic carboxylic acids is 1. The number of hydrogen-bond acceptors (Lipinski definition) is 5. The molecule has 1 heterocycles. The molecule has 0 spiro atoms. The maximum Gasteiger partial charge on any atom is 0.391 e. The third kappa shape index (κ3) is 9.34. The Balaban J connectivity index is 1.22. The number of pyridine rings is 1. The molecule has 1 unspecified atom stereocenters. The number of para-hydroxylation sites is 1. The highest BCUT2D eigenvalue weighted by molar-refractivity contribution is 5.85. The minimum Gasteiger partial charge on any atom is -0.489 e. The Hall–Kier alpha value is -3.92. The summed E-state index contributed by atoms with van der Waals surface area (Å²) in [6.45, 7) is 1.79. The Labute approximate surface area is 273 Å². The number of unbranched alkanes of at least 4 members (excludes halogenated alkanes) is 1. The van der Waals surface area contributed by atoms with Crippen LogP contribution in [0.5, 0.6) is 5.75 Å². The summed E-state index contributed by atoms with van der Waals surface area (Å²) in [5.74, 6) is -2.09. The van der Waals surface area contributed by atoms with Crippen molar-refractivity contribution in [3.63, 3.8) is 0 Å². The standard InChI is InChI=1S/C37H43F3N2O5/c38-37(39,40)29-17-15-27(16-18-29)26-13-11-25(12-14-26)24-47-34-9-2-1-6-28(34)21-23-42(22-4-3-10-35(43)44)33-8-5-7-31-30(33)19-20-32(41-31)36(45)46/h1-2,6,9,11-14,19-20,27,29,33H,3-5,7-8,10,15-18,21-24H2,(H,43,44)(H,45,46)/t27-,29-,33?. The van der Waals surface area contributed by atoms with Gasteiger partial charge >= 0.3 is 18.1 Å². The van der Waals surface area contributed by atoms with Gasteiger partial charge in [-0.3, -0.25) is 9.69 Å². The Morgan fingerprint density at radius 1 is 0.894 bits per heavy atom. The van der Waals surface area contributed by atoms with Gasteiger partial charge in [-0.15, -0.1) is 0 Å². The van der Waals surface area contributed by atoms with Crippen LogP contribution in [-0.2, 0) is 24.2 Å². The topological polar surface area (TPSA) is 100.0 Å². The van der Waals surface area contributed by atoms with Gasteiger partial charge < -0.3 is 14.9 Å². The lowest BCUT2D eigenvalue weighted by atomic mass is 9.78. The molecule has 0 radical (unpaired) electrons. The number of hydrogen-bond donors (Lipinski definition) is 2. The van der Waals surface area contributed by atoms with Crippen molar-refractivity contribution in [1.29, 1.82) is 0 Å². The number of carboxylic acid groups (broad SMARTS) is 2.